The van der Waals surface area contributed by atoms with Crippen LogP contribution in [-0.2, 0) is 9.59 Å². The molecule has 7 nitrogen and oxygen atoms in total. The number of aliphatic hydroxyl groups excluding tert-OH is 1. The molecule has 0 aliphatic carbocycles. The van der Waals surface area contributed by atoms with Gasteiger partial charge in [0.15, 0.2) is 11.5 Å². The average molecular weight is 391 g/mol. The first kappa shape index (κ1) is 19.0. The molecule has 1 unspecified atom stereocenters. The largest absolute Gasteiger partial charge is 0.486 e. The summed E-state index contributed by atoms with van der Waals surface area (Å²) in [6.45, 7) is 1.04. The van der Waals surface area contributed by atoms with E-state index < -0.39 is 17.9 Å². The summed E-state index contributed by atoms with van der Waals surface area (Å²) in [7, 11) is 0. The zero-order chi connectivity index (χ0) is 19.2. The van der Waals surface area contributed by atoms with Gasteiger partial charge in [0.05, 0.1) is 6.10 Å². The second-order valence-electron chi connectivity index (χ2n) is 5.93. The monoisotopic (exact) mass is 390 g/mol. The predicted molar refractivity (Wildman–Crippen MR) is 100 cm³/mol. The number of hydrogen-bond donors (Lipinski definition) is 3. The summed E-state index contributed by atoms with van der Waals surface area (Å²) in [4.78, 5) is 23.9. The van der Waals surface area contributed by atoms with Crippen LogP contribution >= 0.6 is 11.6 Å². The molecule has 3 rings (SSSR count). The van der Waals surface area contributed by atoms with E-state index in [1.165, 1.54) is 0 Å². The Morgan fingerprint density at radius 3 is 2.63 bits per heavy atom. The number of amides is 2. The lowest BCUT2D eigenvalue weighted by Crippen LogP contribution is -2.36. The van der Waals surface area contributed by atoms with Crippen molar-refractivity contribution in [1.82, 2.24) is 5.32 Å². The number of rotatable bonds is 5. The highest BCUT2D eigenvalue weighted by Gasteiger charge is 2.17. The van der Waals surface area contributed by atoms with Crippen molar-refractivity contribution in [3.05, 3.63) is 53.1 Å². The fraction of sp³-hybridized carbons (Fsp3) is 0.263. The maximum absolute atomic E-state index is 12.0. The number of hydrogen-bond acceptors (Lipinski definition) is 5. The number of fused-ring (bicyclic) bond motifs is 1. The van der Waals surface area contributed by atoms with Crippen LogP contribution in [0.4, 0.5) is 5.69 Å². The molecule has 0 bridgehead atoms. The highest BCUT2D eigenvalue weighted by atomic mass is 35.5. The first-order valence-corrected chi connectivity index (χ1v) is 8.83. The molecule has 2 amide bonds. The van der Waals surface area contributed by atoms with Crippen LogP contribution in [0.1, 0.15) is 18.1 Å². The van der Waals surface area contributed by atoms with Crippen molar-refractivity contribution >= 4 is 29.1 Å². The van der Waals surface area contributed by atoms with E-state index >= 15 is 0 Å². The average Bonchev–Trinajstić information content (AvgIpc) is 2.67. The van der Waals surface area contributed by atoms with Crippen molar-refractivity contribution in [2.24, 2.45) is 0 Å². The molecule has 142 valence electrons. The zero-order valence-electron chi connectivity index (χ0n) is 14.4. The van der Waals surface area contributed by atoms with Gasteiger partial charge in [0.1, 0.15) is 13.2 Å². The summed E-state index contributed by atoms with van der Waals surface area (Å²) < 4.78 is 10.8. The molecule has 0 radical (unpaired) electrons. The van der Waals surface area contributed by atoms with Gasteiger partial charge in [0, 0.05) is 23.3 Å². The molecule has 0 saturated carbocycles. The van der Waals surface area contributed by atoms with Crippen LogP contribution in [0.5, 0.6) is 11.5 Å². The number of halogens is 1. The molecular formula is C19H19ClN2O5. The van der Waals surface area contributed by atoms with E-state index in [2.05, 4.69) is 10.6 Å². The lowest BCUT2D eigenvalue weighted by atomic mass is 10.1. The number of benzene rings is 2. The molecule has 1 heterocycles. The van der Waals surface area contributed by atoms with Crippen LogP contribution in [-0.4, -0.2) is 36.7 Å². The van der Waals surface area contributed by atoms with E-state index in [9.17, 15) is 14.7 Å². The highest BCUT2D eigenvalue weighted by Crippen LogP contribution is 2.32. The molecular weight excluding hydrogens is 372 g/mol. The second kappa shape index (κ2) is 8.75. The van der Waals surface area contributed by atoms with Crippen LogP contribution in [0.2, 0.25) is 5.02 Å². The van der Waals surface area contributed by atoms with Gasteiger partial charge < -0.3 is 25.2 Å². The SMILES string of the molecule is O=C(NCCC(O)c1cccc(Cl)c1)C(=O)Nc1ccc2c(c1)OCCO2. The molecule has 0 spiro atoms. The van der Waals surface area contributed by atoms with Crippen LogP contribution < -0.4 is 20.1 Å². The standard InChI is InChI=1S/C19H19ClN2O5/c20-13-3-1-2-12(10-13)15(23)6-7-21-18(24)19(25)22-14-4-5-16-17(11-14)27-9-8-26-16/h1-5,10-11,15,23H,6-9H2,(H,21,24)(H,22,25). The summed E-state index contributed by atoms with van der Waals surface area (Å²) in [6, 6.07) is 11.7. The lowest BCUT2D eigenvalue weighted by Gasteiger charge is -2.19. The molecule has 1 aliphatic rings. The van der Waals surface area contributed by atoms with Crippen LogP contribution in [0.15, 0.2) is 42.5 Å². The maximum Gasteiger partial charge on any atom is 0.313 e. The Bertz CT molecular complexity index is 843. The summed E-state index contributed by atoms with van der Waals surface area (Å²) in [5.74, 6) is -0.477. The third-order valence-electron chi connectivity index (χ3n) is 3.94. The molecule has 1 atom stereocenters. The molecule has 2 aromatic carbocycles. The van der Waals surface area contributed by atoms with Crippen molar-refractivity contribution in [2.45, 2.75) is 12.5 Å². The zero-order valence-corrected chi connectivity index (χ0v) is 15.2. The normalized spacial score (nSPS) is 13.6. The maximum atomic E-state index is 12.0. The molecule has 1 aliphatic heterocycles. The van der Waals surface area contributed by atoms with E-state index in [1.807, 2.05) is 0 Å². The Morgan fingerprint density at radius 1 is 1.07 bits per heavy atom. The Kier molecular flexibility index (Phi) is 6.16. The minimum absolute atomic E-state index is 0.140. The molecule has 27 heavy (non-hydrogen) atoms. The van der Waals surface area contributed by atoms with Crippen LogP contribution in [0, 0.1) is 0 Å². The minimum atomic E-state index is -0.802. The van der Waals surface area contributed by atoms with E-state index in [4.69, 9.17) is 21.1 Å². The first-order chi connectivity index (χ1) is 13.0. The lowest BCUT2D eigenvalue weighted by molar-refractivity contribution is -0.136. The number of anilines is 1. The van der Waals surface area contributed by atoms with Gasteiger partial charge in [0.25, 0.3) is 0 Å². The number of carbonyl (C=O) groups excluding carboxylic acids is 2. The van der Waals surface area contributed by atoms with Gasteiger partial charge in [-0.05, 0) is 36.2 Å². The molecule has 8 heteroatoms. The molecule has 0 fully saturated rings. The quantitative estimate of drug-likeness (QED) is 0.680. The predicted octanol–water partition coefficient (Wildman–Crippen LogP) is 2.29. The summed E-state index contributed by atoms with van der Waals surface area (Å²) >= 11 is 5.89. The van der Waals surface area contributed by atoms with Gasteiger partial charge in [-0.3, -0.25) is 9.59 Å². The van der Waals surface area contributed by atoms with Gasteiger partial charge >= 0.3 is 11.8 Å². The number of ether oxygens (including phenoxy) is 2. The number of carbonyl (C=O) groups is 2. The van der Waals surface area contributed by atoms with Gasteiger partial charge in [-0.1, -0.05) is 23.7 Å². The Labute approximate surface area is 161 Å². The van der Waals surface area contributed by atoms with E-state index in [0.29, 0.717) is 41.0 Å². The summed E-state index contributed by atoms with van der Waals surface area (Å²) in [6.07, 6.45) is -0.534. The smallest absolute Gasteiger partial charge is 0.313 e. The van der Waals surface area contributed by atoms with Crippen molar-refractivity contribution in [1.29, 1.82) is 0 Å². The Hall–Kier alpha value is -2.77. The van der Waals surface area contributed by atoms with E-state index in [-0.39, 0.29) is 13.0 Å². The van der Waals surface area contributed by atoms with E-state index in [1.54, 1.807) is 42.5 Å². The van der Waals surface area contributed by atoms with Crippen LogP contribution in [0.3, 0.4) is 0 Å². The third kappa shape index (κ3) is 5.12. The third-order valence-corrected chi connectivity index (χ3v) is 4.18. The van der Waals surface area contributed by atoms with E-state index in [0.717, 1.165) is 0 Å². The highest BCUT2D eigenvalue weighted by molar-refractivity contribution is 6.39. The van der Waals surface area contributed by atoms with Crippen molar-refractivity contribution < 1.29 is 24.2 Å². The first-order valence-electron chi connectivity index (χ1n) is 8.45. The number of nitrogens with one attached hydrogen (secondary N) is 2. The fourth-order valence-electron chi connectivity index (χ4n) is 2.59. The van der Waals surface area contributed by atoms with Crippen molar-refractivity contribution in [3.8, 4) is 11.5 Å². The van der Waals surface area contributed by atoms with Crippen molar-refractivity contribution in [2.75, 3.05) is 25.1 Å². The Morgan fingerprint density at radius 2 is 1.85 bits per heavy atom. The fourth-order valence-corrected chi connectivity index (χ4v) is 2.79. The van der Waals surface area contributed by atoms with Gasteiger partial charge in [-0.2, -0.15) is 0 Å². The second-order valence-corrected chi connectivity index (χ2v) is 6.36. The van der Waals surface area contributed by atoms with Gasteiger partial charge in [-0.25, -0.2) is 0 Å². The number of aliphatic hydroxyl groups is 1. The topological polar surface area (TPSA) is 96.9 Å². The summed E-state index contributed by atoms with van der Waals surface area (Å²) in [5.41, 5.74) is 1.08. The minimum Gasteiger partial charge on any atom is -0.486 e. The molecule has 2 aromatic rings. The Balaban J connectivity index is 1.47. The van der Waals surface area contributed by atoms with Gasteiger partial charge in [-0.15, -0.1) is 0 Å². The molecule has 3 N–H and O–H groups in total. The molecule has 0 saturated heterocycles. The molecule has 0 aromatic heterocycles. The van der Waals surface area contributed by atoms with Gasteiger partial charge in [0.2, 0.25) is 0 Å². The van der Waals surface area contributed by atoms with Crippen molar-refractivity contribution in [3.63, 3.8) is 0 Å². The summed E-state index contributed by atoms with van der Waals surface area (Å²) in [5, 5.41) is 15.6. The van der Waals surface area contributed by atoms with Crippen LogP contribution in [0.25, 0.3) is 0 Å².